The van der Waals surface area contributed by atoms with Gasteiger partial charge in [-0.3, -0.25) is 0 Å². The summed E-state index contributed by atoms with van der Waals surface area (Å²) in [5, 5.41) is 13.5. The van der Waals surface area contributed by atoms with Crippen LogP contribution in [-0.2, 0) is 6.54 Å². The summed E-state index contributed by atoms with van der Waals surface area (Å²) in [5.74, 6) is 1.12. The Morgan fingerprint density at radius 2 is 2.00 bits per heavy atom. The van der Waals surface area contributed by atoms with Crippen molar-refractivity contribution in [3.05, 3.63) is 34.9 Å². The molecule has 2 rings (SSSR count). The first-order valence-electron chi connectivity index (χ1n) is 6.36. The smallest absolute Gasteiger partial charge is 0.0462 e. The Hall–Kier alpha value is -0.570. The first kappa shape index (κ1) is 12.9. The zero-order valence-corrected chi connectivity index (χ0v) is 10.8. The van der Waals surface area contributed by atoms with Crippen molar-refractivity contribution in [3.8, 4) is 0 Å². The monoisotopic (exact) mass is 253 g/mol. The van der Waals surface area contributed by atoms with E-state index in [9.17, 15) is 5.11 Å². The van der Waals surface area contributed by atoms with Gasteiger partial charge in [-0.2, -0.15) is 0 Å². The highest BCUT2D eigenvalue weighted by Crippen LogP contribution is 2.30. The van der Waals surface area contributed by atoms with Gasteiger partial charge in [0.1, 0.15) is 0 Å². The average molecular weight is 254 g/mol. The molecule has 0 saturated heterocycles. The number of rotatable bonds is 5. The van der Waals surface area contributed by atoms with Crippen molar-refractivity contribution >= 4 is 11.6 Å². The minimum Gasteiger partial charge on any atom is -0.396 e. The van der Waals surface area contributed by atoms with Crippen LogP contribution in [0.2, 0.25) is 5.02 Å². The van der Waals surface area contributed by atoms with Crippen LogP contribution < -0.4 is 5.32 Å². The second kappa shape index (κ2) is 6.39. The van der Waals surface area contributed by atoms with Crippen molar-refractivity contribution in [2.45, 2.75) is 25.8 Å². The maximum atomic E-state index is 9.25. The predicted octanol–water partition coefficient (Wildman–Crippen LogP) is 2.84. The van der Waals surface area contributed by atoms with Gasteiger partial charge in [0, 0.05) is 18.2 Å². The standard InChI is InChI=1S/C14H20ClNO/c15-14-7-2-1-4-12(14)9-16-8-11-5-3-6-13(11)10-17/h1-2,4,7,11,13,16-17H,3,5-6,8-10H2. The van der Waals surface area contributed by atoms with Crippen LogP contribution in [0.15, 0.2) is 24.3 Å². The summed E-state index contributed by atoms with van der Waals surface area (Å²) in [4.78, 5) is 0. The van der Waals surface area contributed by atoms with Crippen LogP contribution in [0.3, 0.4) is 0 Å². The van der Waals surface area contributed by atoms with E-state index in [0.717, 1.165) is 23.7 Å². The fourth-order valence-corrected chi connectivity index (χ4v) is 2.86. The molecule has 0 aromatic heterocycles. The van der Waals surface area contributed by atoms with Gasteiger partial charge in [0.15, 0.2) is 0 Å². The molecule has 94 valence electrons. The molecule has 0 spiro atoms. The summed E-state index contributed by atoms with van der Waals surface area (Å²) in [6.07, 6.45) is 3.67. The third-order valence-corrected chi connectivity index (χ3v) is 4.10. The number of nitrogens with one attached hydrogen (secondary N) is 1. The number of benzene rings is 1. The first-order valence-corrected chi connectivity index (χ1v) is 6.74. The molecule has 2 nitrogen and oxygen atoms in total. The molecule has 1 aliphatic rings. The minimum atomic E-state index is 0.332. The lowest BCUT2D eigenvalue weighted by atomic mass is 9.97. The van der Waals surface area contributed by atoms with E-state index in [0.29, 0.717) is 18.4 Å². The van der Waals surface area contributed by atoms with Crippen LogP contribution in [0.5, 0.6) is 0 Å². The van der Waals surface area contributed by atoms with E-state index in [-0.39, 0.29) is 0 Å². The molecule has 0 amide bonds. The number of hydrogen-bond acceptors (Lipinski definition) is 2. The van der Waals surface area contributed by atoms with Crippen molar-refractivity contribution in [2.75, 3.05) is 13.2 Å². The van der Waals surface area contributed by atoms with Gasteiger partial charge in [-0.1, -0.05) is 36.2 Å². The highest BCUT2D eigenvalue weighted by molar-refractivity contribution is 6.31. The fourth-order valence-electron chi connectivity index (χ4n) is 2.66. The summed E-state index contributed by atoms with van der Waals surface area (Å²) in [5.41, 5.74) is 1.15. The molecule has 17 heavy (non-hydrogen) atoms. The van der Waals surface area contributed by atoms with Crippen LogP contribution in [-0.4, -0.2) is 18.3 Å². The summed E-state index contributed by atoms with van der Waals surface area (Å²) in [6.45, 7) is 2.13. The summed E-state index contributed by atoms with van der Waals surface area (Å²) >= 11 is 6.10. The Bertz CT molecular complexity index is 356. The third-order valence-electron chi connectivity index (χ3n) is 3.73. The maximum absolute atomic E-state index is 9.25. The largest absolute Gasteiger partial charge is 0.396 e. The molecule has 2 N–H and O–H groups in total. The van der Waals surface area contributed by atoms with Crippen LogP contribution in [0, 0.1) is 11.8 Å². The number of aliphatic hydroxyl groups is 1. The van der Waals surface area contributed by atoms with Gasteiger partial charge in [0.2, 0.25) is 0 Å². The Morgan fingerprint density at radius 1 is 1.24 bits per heavy atom. The third kappa shape index (κ3) is 3.44. The van der Waals surface area contributed by atoms with Crippen molar-refractivity contribution in [3.63, 3.8) is 0 Å². The SMILES string of the molecule is OCC1CCCC1CNCc1ccccc1Cl. The van der Waals surface area contributed by atoms with E-state index in [2.05, 4.69) is 5.32 Å². The fraction of sp³-hybridized carbons (Fsp3) is 0.571. The molecule has 0 heterocycles. The first-order chi connectivity index (χ1) is 8.31. The summed E-state index contributed by atoms with van der Waals surface area (Å²) < 4.78 is 0. The average Bonchev–Trinajstić information content (AvgIpc) is 2.79. The normalized spacial score (nSPS) is 24.1. The van der Waals surface area contributed by atoms with Gasteiger partial charge in [0.25, 0.3) is 0 Å². The van der Waals surface area contributed by atoms with E-state index >= 15 is 0 Å². The van der Waals surface area contributed by atoms with Crippen molar-refractivity contribution in [2.24, 2.45) is 11.8 Å². The van der Waals surface area contributed by atoms with E-state index in [1.54, 1.807) is 0 Å². The van der Waals surface area contributed by atoms with Crippen molar-refractivity contribution in [1.82, 2.24) is 5.32 Å². The van der Waals surface area contributed by atoms with Crippen LogP contribution in [0.4, 0.5) is 0 Å². The highest BCUT2D eigenvalue weighted by atomic mass is 35.5. The Labute approximate surface area is 108 Å². The highest BCUT2D eigenvalue weighted by Gasteiger charge is 2.25. The van der Waals surface area contributed by atoms with Gasteiger partial charge in [-0.15, -0.1) is 0 Å². The molecule has 2 atom stereocenters. The van der Waals surface area contributed by atoms with Gasteiger partial charge >= 0.3 is 0 Å². The van der Waals surface area contributed by atoms with E-state index in [1.807, 2.05) is 24.3 Å². The maximum Gasteiger partial charge on any atom is 0.0462 e. The zero-order valence-electron chi connectivity index (χ0n) is 10.0. The van der Waals surface area contributed by atoms with Gasteiger partial charge in [-0.05, 0) is 42.9 Å². The molecule has 2 unspecified atom stereocenters. The van der Waals surface area contributed by atoms with Crippen molar-refractivity contribution < 1.29 is 5.11 Å². The van der Waals surface area contributed by atoms with E-state index in [1.165, 1.54) is 19.3 Å². The summed E-state index contributed by atoms with van der Waals surface area (Å²) in [6, 6.07) is 7.93. The predicted molar refractivity (Wildman–Crippen MR) is 71.1 cm³/mol. The molecule has 1 aromatic carbocycles. The zero-order chi connectivity index (χ0) is 12.1. The Morgan fingerprint density at radius 3 is 2.76 bits per heavy atom. The van der Waals surface area contributed by atoms with E-state index in [4.69, 9.17) is 11.6 Å². The molecule has 1 saturated carbocycles. The quantitative estimate of drug-likeness (QED) is 0.846. The number of hydrogen-bond donors (Lipinski definition) is 2. The van der Waals surface area contributed by atoms with Crippen LogP contribution in [0.25, 0.3) is 0 Å². The molecule has 3 heteroatoms. The van der Waals surface area contributed by atoms with E-state index < -0.39 is 0 Å². The van der Waals surface area contributed by atoms with Gasteiger partial charge in [-0.25, -0.2) is 0 Å². The Balaban J connectivity index is 1.78. The van der Waals surface area contributed by atoms with Crippen molar-refractivity contribution in [1.29, 1.82) is 0 Å². The molecule has 0 bridgehead atoms. The lowest BCUT2D eigenvalue weighted by Crippen LogP contribution is -2.26. The molecular formula is C14H20ClNO. The lowest BCUT2D eigenvalue weighted by molar-refractivity contribution is 0.192. The Kier molecular flexibility index (Phi) is 4.84. The second-order valence-electron chi connectivity index (χ2n) is 4.86. The van der Waals surface area contributed by atoms with Gasteiger partial charge in [0.05, 0.1) is 0 Å². The molecule has 1 aromatic rings. The molecule has 1 fully saturated rings. The number of aliphatic hydroxyl groups excluding tert-OH is 1. The summed E-state index contributed by atoms with van der Waals surface area (Å²) in [7, 11) is 0. The molecule has 0 radical (unpaired) electrons. The molecular weight excluding hydrogens is 234 g/mol. The molecule has 0 aliphatic heterocycles. The van der Waals surface area contributed by atoms with Gasteiger partial charge < -0.3 is 10.4 Å². The number of halogens is 1. The second-order valence-corrected chi connectivity index (χ2v) is 5.26. The topological polar surface area (TPSA) is 32.3 Å². The molecule has 1 aliphatic carbocycles. The minimum absolute atomic E-state index is 0.332. The lowest BCUT2D eigenvalue weighted by Gasteiger charge is -2.18. The van der Waals surface area contributed by atoms with Crippen LogP contribution in [0.1, 0.15) is 24.8 Å². The van der Waals surface area contributed by atoms with Crippen LogP contribution >= 0.6 is 11.6 Å².